The Bertz CT molecular complexity index is 1800. The summed E-state index contributed by atoms with van der Waals surface area (Å²) in [5, 5.41) is 3.66. The van der Waals surface area contributed by atoms with Crippen molar-refractivity contribution in [3.05, 3.63) is 95.7 Å². The van der Waals surface area contributed by atoms with Crippen LogP contribution in [0.4, 0.5) is 31.2 Å². The van der Waals surface area contributed by atoms with Gasteiger partial charge in [0.1, 0.15) is 17.4 Å². The molecule has 8 nitrogen and oxygen atoms in total. The molecular weight excluding hydrogens is 582 g/mol. The molecule has 1 aliphatic rings. The molecule has 5 aromatic rings. The molecule has 44 heavy (non-hydrogen) atoms. The van der Waals surface area contributed by atoms with Crippen LogP contribution in [0, 0.1) is 11.6 Å². The van der Waals surface area contributed by atoms with Crippen LogP contribution in [0.15, 0.2) is 72.9 Å². The van der Waals surface area contributed by atoms with Gasteiger partial charge in [-0.05, 0) is 67.3 Å². The monoisotopic (exact) mass is 612 g/mol. The van der Waals surface area contributed by atoms with Crippen molar-refractivity contribution < 1.29 is 18.3 Å². The third-order valence-electron chi connectivity index (χ3n) is 7.47. The van der Waals surface area contributed by atoms with E-state index in [1.54, 1.807) is 37.6 Å². The molecule has 3 aromatic carbocycles. The Morgan fingerprint density at radius 1 is 1.00 bits per heavy atom. The van der Waals surface area contributed by atoms with Gasteiger partial charge in [0.05, 0.1) is 34.6 Å². The summed E-state index contributed by atoms with van der Waals surface area (Å²) in [5.74, 6) is -1.19. The molecule has 0 spiro atoms. The van der Waals surface area contributed by atoms with Gasteiger partial charge in [0, 0.05) is 37.0 Å². The summed E-state index contributed by atoms with van der Waals surface area (Å²) in [6.07, 6.45) is 5.02. The van der Waals surface area contributed by atoms with Gasteiger partial charge in [-0.2, -0.15) is 0 Å². The van der Waals surface area contributed by atoms with Crippen LogP contribution in [0.1, 0.15) is 35.2 Å². The zero-order valence-corrected chi connectivity index (χ0v) is 24.8. The number of hydrogen-bond acceptors (Lipinski definition) is 9. The first-order chi connectivity index (χ1) is 21.4. The first-order valence-electron chi connectivity index (χ1n) is 14.3. The van der Waals surface area contributed by atoms with Gasteiger partial charge in [-0.1, -0.05) is 35.6 Å². The van der Waals surface area contributed by atoms with Crippen molar-refractivity contribution in [3.8, 4) is 27.6 Å². The number of benzene rings is 3. The number of carbonyl (C=O) groups is 1. The van der Waals surface area contributed by atoms with Crippen LogP contribution in [-0.4, -0.2) is 40.9 Å². The minimum atomic E-state index is -0.883. The number of nitrogens with zero attached hydrogens (tertiary/aromatic N) is 4. The molecule has 0 aliphatic carbocycles. The van der Waals surface area contributed by atoms with Crippen molar-refractivity contribution in [2.75, 3.05) is 36.1 Å². The van der Waals surface area contributed by atoms with E-state index in [4.69, 9.17) is 15.5 Å². The number of carbonyl (C=O) groups excluding carboxylic acids is 1. The standard InChI is InChI=1S/C33H30F2N6O2S/c1-43-28-12-11-22(19-26(28)41-15-3-2-4-16-41)38-33-37-14-13-25(39-33)31-30(40-32(36)44-31)21-8-5-7-20(17-21)18-27(42)29-23(34)9-6-10-24(29)35/h5-14,17,19H,2-4,15-16,18H2,1H3,(H2,36,40)(H,37,38,39). The van der Waals surface area contributed by atoms with Gasteiger partial charge in [0.15, 0.2) is 10.9 Å². The third-order valence-corrected chi connectivity index (χ3v) is 8.38. The van der Waals surface area contributed by atoms with E-state index in [0.29, 0.717) is 33.6 Å². The lowest BCUT2D eigenvalue weighted by atomic mass is 9.99. The molecule has 3 heterocycles. The molecule has 3 N–H and O–H groups in total. The number of nitrogen functional groups attached to an aromatic ring is 1. The van der Waals surface area contributed by atoms with E-state index in [9.17, 15) is 13.6 Å². The number of hydrogen-bond donors (Lipinski definition) is 2. The van der Waals surface area contributed by atoms with E-state index < -0.39 is 23.0 Å². The van der Waals surface area contributed by atoms with E-state index >= 15 is 0 Å². The van der Waals surface area contributed by atoms with E-state index in [1.807, 2.05) is 18.2 Å². The Balaban J connectivity index is 1.26. The number of methoxy groups -OCH3 is 1. The first kappa shape index (κ1) is 29.2. The summed E-state index contributed by atoms with van der Waals surface area (Å²) in [7, 11) is 1.68. The molecule has 2 aromatic heterocycles. The minimum Gasteiger partial charge on any atom is -0.495 e. The van der Waals surface area contributed by atoms with Crippen molar-refractivity contribution in [3.63, 3.8) is 0 Å². The highest BCUT2D eigenvalue weighted by atomic mass is 32.1. The fourth-order valence-corrected chi connectivity index (χ4v) is 6.22. The van der Waals surface area contributed by atoms with E-state index in [0.717, 1.165) is 60.1 Å². The minimum absolute atomic E-state index is 0.177. The third kappa shape index (κ3) is 6.23. The molecule has 1 fully saturated rings. The van der Waals surface area contributed by atoms with Crippen molar-refractivity contribution in [1.29, 1.82) is 0 Å². The van der Waals surface area contributed by atoms with Gasteiger partial charge in [0.2, 0.25) is 5.95 Å². The number of rotatable bonds is 9. The Morgan fingerprint density at radius 3 is 2.55 bits per heavy atom. The molecule has 1 aliphatic heterocycles. The summed E-state index contributed by atoms with van der Waals surface area (Å²) in [6, 6.07) is 18.2. The molecule has 0 bridgehead atoms. The molecule has 0 unspecified atom stereocenters. The summed E-state index contributed by atoms with van der Waals surface area (Å²) in [6.45, 7) is 1.97. The largest absolute Gasteiger partial charge is 0.495 e. The molecule has 0 radical (unpaired) electrons. The summed E-state index contributed by atoms with van der Waals surface area (Å²) >= 11 is 1.28. The smallest absolute Gasteiger partial charge is 0.227 e. The van der Waals surface area contributed by atoms with Crippen LogP contribution in [0.5, 0.6) is 5.75 Å². The second-order valence-electron chi connectivity index (χ2n) is 10.5. The topological polar surface area (TPSA) is 106 Å². The van der Waals surface area contributed by atoms with Crippen LogP contribution in [-0.2, 0) is 6.42 Å². The average Bonchev–Trinajstić information content (AvgIpc) is 3.43. The fraction of sp³-hybridized carbons (Fsp3) is 0.212. The number of halogens is 2. The summed E-state index contributed by atoms with van der Waals surface area (Å²) < 4.78 is 34.0. The molecule has 0 saturated carbocycles. The van der Waals surface area contributed by atoms with Crippen molar-refractivity contribution in [2.45, 2.75) is 25.7 Å². The average molecular weight is 613 g/mol. The second-order valence-corrected chi connectivity index (χ2v) is 11.5. The molecule has 0 amide bonds. The lowest BCUT2D eigenvalue weighted by molar-refractivity contribution is 0.0985. The van der Waals surface area contributed by atoms with E-state index in [-0.39, 0.29) is 6.42 Å². The number of nitrogens with two attached hydrogens (primary N) is 1. The number of nitrogens with one attached hydrogen (secondary N) is 1. The van der Waals surface area contributed by atoms with Gasteiger partial charge in [-0.15, -0.1) is 0 Å². The van der Waals surface area contributed by atoms with Gasteiger partial charge >= 0.3 is 0 Å². The van der Waals surface area contributed by atoms with Crippen LogP contribution >= 0.6 is 11.3 Å². The first-order valence-corrected chi connectivity index (χ1v) is 15.1. The predicted octanol–water partition coefficient (Wildman–Crippen LogP) is 7.30. The Morgan fingerprint density at radius 2 is 1.77 bits per heavy atom. The predicted molar refractivity (Wildman–Crippen MR) is 170 cm³/mol. The van der Waals surface area contributed by atoms with Gasteiger partial charge in [-0.25, -0.2) is 23.7 Å². The van der Waals surface area contributed by atoms with E-state index in [2.05, 4.69) is 26.3 Å². The molecule has 0 atom stereocenters. The van der Waals surface area contributed by atoms with Crippen molar-refractivity contribution in [1.82, 2.24) is 15.0 Å². The number of ether oxygens (including phenoxy) is 1. The number of piperidine rings is 1. The molecule has 1 saturated heterocycles. The van der Waals surface area contributed by atoms with Crippen molar-refractivity contribution >= 4 is 39.6 Å². The maximum Gasteiger partial charge on any atom is 0.227 e. The van der Waals surface area contributed by atoms with Crippen molar-refractivity contribution in [2.24, 2.45) is 0 Å². The Kier molecular flexibility index (Phi) is 8.47. The Hall–Kier alpha value is -4.90. The summed E-state index contributed by atoms with van der Waals surface area (Å²) in [5.41, 5.74) is 9.95. The maximum atomic E-state index is 14.2. The fourth-order valence-electron chi connectivity index (χ4n) is 5.40. The lowest BCUT2D eigenvalue weighted by Crippen LogP contribution is -2.29. The molecule has 224 valence electrons. The molecular formula is C33H30F2N6O2S. The van der Waals surface area contributed by atoms with Crippen LogP contribution < -0.4 is 20.7 Å². The maximum absolute atomic E-state index is 14.2. The number of aromatic nitrogens is 3. The normalized spacial score (nSPS) is 13.1. The highest BCUT2D eigenvalue weighted by Crippen LogP contribution is 2.38. The highest BCUT2D eigenvalue weighted by molar-refractivity contribution is 7.19. The number of thiazole rings is 1. The summed E-state index contributed by atoms with van der Waals surface area (Å²) in [4.78, 5) is 29.6. The van der Waals surface area contributed by atoms with Crippen LogP contribution in [0.2, 0.25) is 0 Å². The van der Waals surface area contributed by atoms with Gasteiger partial charge < -0.3 is 20.7 Å². The lowest BCUT2D eigenvalue weighted by Gasteiger charge is -2.30. The van der Waals surface area contributed by atoms with Gasteiger partial charge in [0.25, 0.3) is 0 Å². The zero-order chi connectivity index (χ0) is 30.6. The van der Waals surface area contributed by atoms with Gasteiger partial charge in [-0.3, -0.25) is 4.79 Å². The number of anilines is 4. The Labute approximate surface area is 257 Å². The molecule has 11 heteroatoms. The second kappa shape index (κ2) is 12.8. The SMILES string of the molecule is COc1ccc(Nc2nccc(-c3sc(N)nc3-c3cccc(CC(=O)c4c(F)cccc4F)c3)n2)cc1N1CCCCC1. The number of ketones is 1. The van der Waals surface area contributed by atoms with Crippen LogP contribution in [0.3, 0.4) is 0 Å². The zero-order valence-electron chi connectivity index (χ0n) is 24.0. The van der Waals surface area contributed by atoms with E-state index in [1.165, 1.54) is 23.8 Å². The quantitative estimate of drug-likeness (QED) is 0.167. The number of Topliss-reactive ketones (excluding diaryl/α,β-unsaturated/α-hetero) is 1. The van der Waals surface area contributed by atoms with Crippen LogP contribution in [0.25, 0.3) is 21.8 Å². The molecule has 6 rings (SSSR count). The highest BCUT2D eigenvalue weighted by Gasteiger charge is 2.20.